The van der Waals surface area contributed by atoms with Crippen molar-refractivity contribution in [1.29, 1.82) is 0 Å². The highest BCUT2D eigenvalue weighted by Crippen LogP contribution is 2.24. The first-order valence-electron chi connectivity index (χ1n) is 6.30. The number of aliphatic hydroxyl groups excluding tert-OH is 1. The third-order valence-corrected chi connectivity index (χ3v) is 2.89. The smallest absolute Gasteiger partial charge is 0.341 e. The van der Waals surface area contributed by atoms with Crippen molar-refractivity contribution >= 4 is 0 Å². The number of hydrogen-bond acceptors (Lipinski definition) is 4. The van der Waals surface area contributed by atoms with Crippen LogP contribution in [0.25, 0.3) is 5.69 Å². The van der Waals surface area contributed by atoms with Gasteiger partial charge < -0.3 is 9.84 Å². The average molecular weight is 285 g/mol. The van der Waals surface area contributed by atoms with E-state index < -0.39 is 5.82 Å². The minimum atomic E-state index is -0.436. The Bertz CT molecular complexity index is 744. The van der Waals surface area contributed by atoms with Gasteiger partial charge in [0.25, 0.3) is 0 Å². The highest BCUT2D eigenvalue weighted by molar-refractivity contribution is 5.35. The second-order valence-electron chi connectivity index (χ2n) is 4.32. The second kappa shape index (κ2) is 5.72. The van der Waals surface area contributed by atoms with E-state index in [0.29, 0.717) is 11.3 Å². The van der Waals surface area contributed by atoms with Crippen LogP contribution in [-0.4, -0.2) is 19.9 Å². The monoisotopic (exact) mass is 285 g/mol. The van der Waals surface area contributed by atoms with Gasteiger partial charge in [0.05, 0.1) is 12.3 Å². The number of hydrogen-bond donors (Lipinski definition) is 1. The molecule has 21 heavy (non-hydrogen) atoms. The van der Waals surface area contributed by atoms with E-state index in [1.807, 2.05) is 30.3 Å². The zero-order valence-electron chi connectivity index (χ0n) is 11.0. The lowest BCUT2D eigenvalue weighted by atomic mass is 10.2. The number of ether oxygens (including phenoxy) is 1. The van der Waals surface area contributed by atoms with Gasteiger partial charge in [-0.3, -0.25) is 0 Å². The molecule has 0 aliphatic rings. The molecule has 1 heterocycles. The number of aliphatic hydroxyl groups is 1. The molecule has 106 valence electrons. The van der Waals surface area contributed by atoms with Crippen molar-refractivity contribution in [2.24, 2.45) is 0 Å². The maximum Gasteiger partial charge on any atom is 0.341 e. The van der Waals surface area contributed by atoms with E-state index in [1.165, 1.54) is 24.5 Å². The SMILES string of the molecule is OCc1cc(F)ccc1Oc1ncn(-c2ccccc2)n1. The predicted molar refractivity (Wildman–Crippen MR) is 73.8 cm³/mol. The Balaban J connectivity index is 1.85. The minimum Gasteiger partial charge on any atom is -0.423 e. The molecule has 0 spiro atoms. The first-order chi connectivity index (χ1) is 10.3. The quantitative estimate of drug-likeness (QED) is 0.800. The lowest BCUT2D eigenvalue weighted by Crippen LogP contribution is -1.96. The second-order valence-corrected chi connectivity index (χ2v) is 4.32. The van der Waals surface area contributed by atoms with E-state index in [0.717, 1.165) is 5.69 Å². The summed E-state index contributed by atoms with van der Waals surface area (Å²) in [7, 11) is 0. The Hall–Kier alpha value is -2.73. The zero-order chi connectivity index (χ0) is 14.7. The molecule has 0 atom stereocenters. The van der Waals surface area contributed by atoms with Crippen molar-refractivity contribution in [3.05, 3.63) is 66.2 Å². The van der Waals surface area contributed by atoms with Crippen LogP contribution in [0, 0.1) is 5.82 Å². The third kappa shape index (κ3) is 2.90. The molecule has 0 saturated heterocycles. The zero-order valence-corrected chi connectivity index (χ0v) is 11.0. The topological polar surface area (TPSA) is 60.2 Å². The van der Waals surface area contributed by atoms with Gasteiger partial charge in [0.1, 0.15) is 17.9 Å². The van der Waals surface area contributed by atoms with Crippen LogP contribution < -0.4 is 4.74 Å². The molecule has 0 aliphatic heterocycles. The van der Waals surface area contributed by atoms with Crippen molar-refractivity contribution in [2.75, 3.05) is 0 Å². The lowest BCUT2D eigenvalue weighted by molar-refractivity contribution is 0.275. The summed E-state index contributed by atoms with van der Waals surface area (Å²) in [5.41, 5.74) is 1.19. The van der Waals surface area contributed by atoms with Gasteiger partial charge in [0.2, 0.25) is 0 Å². The Morgan fingerprint density at radius 3 is 2.71 bits per heavy atom. The molecule has 1 N–H and O–H groups in total. The van der Waals surface area contributed by atoms with Crippen LogP contribution in [0.15, 0.2) is 54.9 Å². The van der Waals surface area contributed by atoms with Crippen LogP contribution in [0.1, 0.15) is 5.56 Å². The summed E-state index contributed by atoms with van der Waals surface area (Å²) in [4.78, 5) is 4.04. The molecule has 3 aromatic rings. The highest BCUT2D eigenvalue weighted by atomic mass is 19.1. The van der Waals surface area contributed by atoms with Gasteiger partial charge in [0.15, 0.2) is 0 Å². The van der Waals surface area contributed by atoms with Crippen molar-refractivity contribution in [3.63, 3.8) is 0 Å². The molecule has 5 nitrogen and oxygen atoms in total. The van der Waals surface area contributed by atoms with Gasteiger partial charge in [-0.15, -0.1) is 5.10 Å². The van der Waals surface area contributed by atoms with Crippen molar-refractivity contribution in [1.82, 2.24) is 14.8 Å². The van der Waals surface area contributed by atoms with E-state index in [1.54, 1.807) is 4.68 Å². The van der Waals surface area contributed by atoms with Crippen LogP contribution in [0.2, 0.25) is 0 Å². The van der Waals surface area contributed by atoms with E-state index >= 15 is 0 Å². The highest BCUT2D eigenvalue weighted by Gasteiger charge is 2.09. The van der Waals surface area contributed by atoms with E-state index in [-0.39, 0.29) is 12.6 Å². The first kappa shape index (κ1) is 13.3. The lowest BCUT2D eigenvalue weighted by Gasteiger charge is -2.06. The number of nitrogens with zero attached hydrogens (tertiary/aromatic N) is 3. The van der Waals surface area contributed by atoms with Gasteiger partial charge in [0, 0.05) is 5.56 Å². The average Bonchev–Trinajstić information content (AvgIpc) is 2.98. The summed E-state index contributed by atoms with van der Waals surface area (Å²) < 4.78 is 20.2. The fraction of sp³-hybridized carbons (Fsp3) is 0.0667. The largest absolute Gasteiger partial charge is 0.423 e. The number of para-hydroxylation sites is 1. The molecule has 0 aliphatic carbocycles. The van der Waals surface area contributed by atoms with Crippen molar-refractivity contribution in [2.45, 2.75) is 6.61 Å². The molecule has 0 fully saturated rings. The van der Waals surface area contributed by atoms with Gasteiger partial charge in [-0.05, 0) is 30.3 Å². The van der Waals surface area contributed by atoms with Crippen LogP contribution in [-0.2, 0) is 6.61 Å². The third-order valence-electron chi connectivity index (χ3n) is 2.89. The van der Waals surface area contributed by atoms with Crippen LogP contribution in [0.3, 0.4) is 0 Å². The molecule has 0 unspecified atom stereocenters. The predicted octanol–water partition coefficient (Wildman–Crippen LogP) is 2.69. The fourth-order valence-electron chi connectivity index (χ4n) is 1.87. The number of halogens is 1. The standard InChI is InChI=1S/C15H12FN3O2/c16-12-6-7-14(11(8-12)9-20)21-15-17-10-19(18-15)13-4-2-1-3-5-13/h1-8,10,20H,9H2. The van der Waals surface area contributed by atoms with Crippen molar-refractivity contribution in [3.8, 4) is 17.4 Å². The van der Waals surface area contributed by atoms with Gasteiger partial charge >= 0.3 is 6.01 Å². The minimum absolute atomic E-state index is 0.125. The molecular formula is C15H12FN3O2. The van der Waals surface area contributed by atoms with Gasteiger partial charge in [-0.25, -0.2) is 9.07 Å². The van der Waals surface area contributed by atoms with Crippen LogP contribution in [0.4, 0.5) is 4.39 Å². The number of benzene rings is 2. The Morgan fingerprint density at radius 2 is 1.95 bits per heavy atom. The first-order valence-corrected chi connectivity index (χ1v) is 6.30. The summed E-state index contributed by atoms with van der Waals surface area (Å²) in [5.74, 6) is -0.112. The molecular weight excluding hydrogens is 273 g/mol. The number of rotatable bonds is 4. The summed E-state index contributed by atoms with van der Waals surface area (Å²) in [5, 5.41) is 13.4. The van der Waals surface area contributed by atoms with E-state index in [9.17, 15) is 9.50 Å². The molecule has 0 radical (unpaired) electrons. The number of aromatic nitrogens is 3. The summed E-state index contributed by atoms with van der Waals surface area (Å²) in [6.45, 7) is -0.327. The van der Waals surface area contributed by atoms with Crippen LogP contribution >= 0.6 is 0 Å². The Kier molecular flexibility index (Phi) is 3.61. The fourth-order valence-corrected chi connectivity index (χ4v) is 1.87. The Morgan fingerprint density at radius 1 is 1.14 bits per heavy atom. The molecule has 0 bridgehead atoms. The molecule has 6 heteroatoms. The summed E-state index contributed by atoms with van der Waals surface area (Å²) in [6, 6.07) is 13.5. The molecule has 0 saturated carbocycles. The summed E-state index contributed by atoms with van der Waals surface area (Å²) in [6.07, 6.45) is 1.52. The maximum atomic E-state index is 13.1. The van der Waals surface area contributed by atoms with Crippen LogP contribution in [0.5, 0.6) is 11.8 Å². The maximum absolute atomic E-state index is 13.1. The van der Waals surface area contributed by atoms with Gasteiger partial charge in [-0.2, -0.15) is 4.98 Å². The molecule has 2 aromatic carbocycles. The Labute approximate surface area is 120 Å². The van der Waals surface area contributed by atoms with E-state index in [2.05, 4.69) is 10.1 Å². The normalized spacial score (nSPS) is 10.6. The van der Waals surface area contributed by atoms with Gasteiger partial charge in [-0.1, -0.05) is 18.2 Å². The molecule has 3 rings (SSSR count). The van der Waals surface area contributed by atoms with E-state index in [4.69, 9.17) is 4.74 Å². The van der Waals surface area contributed by atoms with Crippen molar-refractivity contribution < 1.29 is 14.2 Å². The molecule has 1 aromatic heterocycles. The molecule has 0 amide bonds. The summed E-state index contributed by atoms with van der Waals surface area (Å²) >= 11 is 0.